The summed E-state index contributed by atoms with van der Waals surface area (Å²) in [5, 5.41) is 10.0. The van der Waals surface area contributed by atoms with E-state index in [1.54, 1.807) is 36.2 Å². The van der Waals surface area contributed by atoms with Crippen molar-refractivity contribution in [1.82, 2.24) is 18.8 Å². The molecule has 0 spiro atoms. The number of nitrogens with zero attached hydrogens (tertiary/aromatic N) is 7. The van der Waals surface area contributed by atoms with Crippen molar-refractivity contribution in [3.63, 3.8) is 0 Å². The molecule has 0 aliphatic carbocycles. The van der Waals surface area contributed by atoms with Gasteiger partial charge in [0, 0.05) is 51.9 Å². The molecule has 4 aromatic rings. The standard InChI is InChI=1S/C35H35N7O3S2/c1-5-40-31(39-18-16-38(17-19-39)22-25-12-8-6-9-13-25)27(23(2)28(21-36)32(40)43)20-29-33(44)41(35(46)47-29)30-24(3)37(4)42(34(30)45)26-14-10-7-11-15-26/h6-15,20H,5,16-19,22H2,1-4H3/b29-20-. The molecule has 4 heterocycles. The Morgan fingerprint density at radius 2 is 1.57 bits per heavy atom. The molecular formula is C35H35N7O3S2. The highest BCUT2D eigenvalue weighted by molar-refractivity contribution is 8.27. The molecule has 2 saturated heterocycles. The SMILES string of the molecule is CCn1c(N2CCN(Cc3ccccc3)CC2)c(/C=C2\SC(=S)N(c3c(C)n(C)n(-c4ccccc4)c3=O)C2=O)c(C)c(C#N)c1=O. The minimum absolute atomic E-state index is 0.0460. The fourth-order valence-electron chi connectivity index (χ4n) is 6.34. The predicted molar refractivity (Wildman–Crippen MR) is 191 cm³/mol. The van der Waals surface area contributed by atoms with Crippen LogP contribution in [-0.2, 0) is 24.9 Å². The molecule has 47 heavy (non-hydrogen) atoms. The van der Waals surface area contributed by atoms with E-state index < -0.39 is 5.91 Å². The minimum Gasteiger partial charge on any atom is -0.355 e. The van der Waals surface area contributed by atoms with Gasteiger partial charge in [0.05, 0.1) is 16.3 Å². The second-order valence-corrected chi connectivity index (χ2v) is 13.3. The summed E-state index contributed by atoms with van der Waals surface area (Å²) >= 11 is 6.81. The number of thiocarbonyl (C=S) groups is 1. The van der Waals surface area contributed by atoms with Crippen molar-refractivity contribution in [2.24, 2.45) is 7.05 Å². The number of benzene rings is 2. The molecule has 0 saturated carbocycles. The molecule has 2 aliphatic heterocycles. The molecule has 2 aromatic heterocycles. The third-order valence-corrected chi connectivity index (χ3v) is 10.2. The summed E-state index contributed by atoms with van der Waals surface area (Å²) in [7, 11) is 1.77. The summed E-state index contributed by atoms with van der Waals surface area (Å²) in [6.07, 6.45) is 1.74. The predicted octanol–water partition coefficient (Wildman–Crippen LogP) is 4.57. The summed E-state index contributed by atoms with van der Waals surface area (Å²) in [4.78, 5) is 47.6. The van der Waals surface area contributed by atoms with Crippen LogP contribution in [0.1, 0.15) is 34.9 Å². The van der Waals surface area contributed by atoms with E-state index in [0.29, 0.717) is 52.9 Å². The van der Waals surface area contributed by atoms with Gasteiger partial charge in [-0.15, -0.1) is 0 Å². The topological polar surface area (TPSA) is 99.5 Å². The number of piperazine rings is 1. The van der Waals surface area contributed by atoms with Crippen molar-refractivity contribution >= 4 is 51.8 Å². The maximum Gasteiger partial charge on any atom is 0.296 e. The Morgan fingerprint density at radius 3 is 2.19 bits per heavy atom. The number of anilines is 2. The monoisotopic (exact) mass is 665 g/mol. The lowest BCUT2D eigenvalue weighted by Crippen LogP contribution is -2.48. The molecule has 0 N–H and O–H groups in total. The largest absolute Gasteiger partial charge is 0.355 e. The van der Waals surface area contributed by atoms with Crippen LogP contribution in [0.4, 0.5) is 11.5 Å². The molecule has 10 nitrogen and oxygen atoms in total. The van der Waals surface area contributed by atoms with Gasteiger partial charge in [-0.25, -0.2) is 4.68 Å². The molecule has 0 atom stereocenters. The first kappa shape index (κ1) is 32.2. The van der Waals surface area contributed by atoms with Gasteiger partial charge < -0.3 is 4.90 Å². The zero-order valence-electron chi connectivity index (χ0n) is 26.8. The molecule has 0 unspecified atom stereocenters. The van der Waals surface area contributed by atoms with Gasteiger partial charge in [-0.1, -0.05) is 72.5 Å². The Labute approximate surface area is 282 Å². The fourth-order valence-corrected chi connectivity index (χ4v) is 7.59. The Balaban J connectivity index is 1.39. The molecule has 2 fully saturated rings. The Morgan fingerprint density at radius 1 is 0.936 bits per heavy atom. The number of aromatic nitrogens is 3. The lowest BCUT2D eigenvalue weighted by atomic mass is 10.0. The number of rotatable bonds is 7. The van der Waals surface area contributed by atoms with Gasteiger partial charge in [0.1, 0.15) is 23.1 Å². The Hall–Kier alpha value is -4.70. The Bertz CT molecular complexity index is 2070. The lowest BCUT2D eigenvalue weighted by Gasteiger charge is -2.38. The quantitative estimate of drug-likeness (QED) is 0.209. The maximum atomic E-state index is 14.1. The molecule has 6 rings (SSSR count). The fraction of sp³-hybridized carbons (Fsp3) is 0.286. The van der Waals surface area contributed by atoms with Crippen LogP contribution in [0.3, 0.4) is 0 Å². The molecule has 1 amide bonds. The zero-order valence-corrected chi connectivity index (χ0v) is 28.4. The van der Waals surface area contributed by atoms with Gasteiger partial charge in [-0.3, -0.25) is 33.4 Å². The van der Waals surface area contributed by atoms with E-state index in [0.717, 1.165) is 31.4 Å². The molecule has 12 heteroatoms. The molecule has 240 valence electrons. The van der Waals surface area contributed by atoms with Crippen LogP contribution in [0.5, 0.6) is 0 Å². The van der Waals surface area contributed by atoms with E-state index in [1.165, 1.54) is 15.1 Å². The molecule has 0 bridgehead atoms. The number of nitriles is 1. The van der Waals surface area contributed by atoms with Gasteiger partial charge in [-0.05, 0) is 50.1 Å². The number of carbonyl (C=O) groups excluding carboxylic acids is 1. The van der Waals surface area contributed by atoms with Crippen LogP contribution < -0.4 is 20.9 Å². The van der Waals surface area contributed by atoms with Crippen molar-refractivity contribution < 1.29 is 4.79 Å². The smallest absolute Gasteiger partial charge is 0.296 e. The van der Waals surface area contributed by atoms with E-state index in [-0.39, 0.29) is 26.7 Å². The number of pyridine rings is 1. The van der Waals surface area contributed by atoms with Gasteiger partial charge in [-0.2, -0.15) is 5.26 Å². The van der Waals surface area contributed by atoms with Crippen molar-refractivity contribution in [1.29, 1.82) is 5.26 Å². The zero-order chi connectivity index (χ0) is 33.4. The number of hydrogen-bond acceptors (Lipinski definition) is 8. The van der Waals surface area contributed by atoms with Gasteiger partial charge in [0.15, 0.2) is 4.32 Å². The van der Waals surface area contributed by atoms with Crippen LogP contribution in [0.25, 0.3) is 11.8 Å². The van der Waals surface area contributed by atoms with Crippen LogP contribution in [0.2, 0.25) is 0 Å². The first-order valence-electron chi connectivity index (χ1n) is 15.5. The highest BCUT2D eigenvalue weighted by atomic mass is 32.2. The molecule has 2 aromatic carbocycles. The van der Waals surface area contributed by atoms with E-state index in [2.05, 4.69) is 28.0 Å². The average molecular weight is 666 g/mol. The molecule has 0 radical (unpaired) electrons. The van der Waals surface area contributed by atoms with Gasteiger partial charge in [0.25, 0.3) is 17.0 Å². The second-order valence-electron chi connectivity index (χ2n) is 11.6. The summed E-state index contributed by atoms with van der Waals surface area (Å²) in [5.41, 5.74) is 3.19. The number of thioether (sulfide) groups is 1. The van der Waals surface area contributed by atoms with Crippen molar-refractivity contribution in [3.8, 4) is 11.8 Å². The second kappa shape index (κ2) is 13.2. The normalized spacial score (nSPS) is 16.4. The van der Waals surface area contributed by atoms with Crippen LogP contribution >= 0.6 is 24.0 Å². The van der Waals surface area contributed by atoms with Crippen LogP contribution in [-0.4, -0.2) is 55.2 Å². The first-order valence-corrected chi connectivity index (χ1v) is 16.7. The highest BCUT2D eigenvalue weighted by Gasteiger charge is 2.38. The molecule has 2 aliphatic rings. The summed E-state index contributed by atoms with van der Waals surface area (Å²) in [5.74, 6) is 0.262. The van der Waals surface area contributed by atoms with Crippen molar-refractivity contribution in [2.75, 3.05) is 36.0 Å². The van der Waals surface area contributed by atoms with E-state index in [4.69, 9.17) is 12.2 Å². The van der Waals surface area contributed by atoms with Crippen molar-refractivity contribution in [2.45, 2.75) is 33.9 Å². The number of para-hydroxylation sites is 1. The number of carbonyl (C=O) groups is 1. The minimum atomic E-state index is -0.420. The summed E-state index contributed by atoms with van der Waals surface area (Å²) < 4.78 is 5.10. The molecular weight excluding hydrogens is 631 g/mol. The van der Waals surface area contributed by atoms with Crippen molar-refractivity contribution in [3.05, 3.63) is 114 Å². The van der Waals surface area contributed by atoms with Gasteiger partial charge >= 0.3 is 0 Å². The lowest BCUT2D eigenvalue weighted by molar-refractivity contribution is -0.113. The third-order valence-electron chi connectivity index (χ3n) is 8.90. The van der Waals surface area contributed by atoms with E-state index in [9.17, 15) is 19.6 Å². The maximum absolute atomic E-state index is 14.1. The first-order chi connectivity index (χ1) is 22.7. The highest BCUT2D eigenvalue weighted by Crippen LogP contribution is 2.38. The number of hydrogen-bond donors (Lipinski definition) is 0. The van der Waals surface area contributed by atoms with E-state index >= 15 is 0 Å². The number of amides is 1. The van der Waals surface area contributed by atoms with Crippen LogP contribution in [0, 0.1) is 25.2 Å². The van der Waals surface area contributed by atoms with Gasteiger partial charge in [0.2, 0.25) is 0 Å². The van der Waals surface area contributed by atoms with Crippen LogP contribution in [0.15, 0.2) is 75.2 Å². The Kier molecular flexibility index (Phi) is 9.05. The summed E-state index contributed by atoms with van der Waals surface area (Å²) in [6, 6.07) is 21.7. The summed E-state index contributed by atoms with van der Waals surface area (Å²) in [6.45, 7) is 9.52. The third kappa shape index (κ3) is 5.75. The van der Waals surface area contributed by atoms with E-state index in [1.807, 2.05) is 55.5 Å². The average Bonchev–Trinajstić information content (AvgIpc) is 3.47.